The van der Waals surface area contributed by atoms with Gasteiger partial charge in [0.15, 0.2) is 0 Å². The van der Waals surface area contributed by atoms with Crippen LogP contribution in [0.5, 0.6) is 5.75 Å². The molecule has 2 rings (SSSR count). The zero-order chi connectivity index (χ0) is 10.1. The fourth-order valence-electron chi connectivity index (χ4n) is 1.72. The number of para-hydroxylation sites is 1. The molecule has 0 amide bonds. The van der Waals surface area contributed by atoms with E-state index in [9.17, 15) is 5.11 Å². The standard InChI is InChI=1S/C11H15NO2/c12-10(7-4-5-7)9-3-1-2-8(6-13)11(9)14/h1-3,7,10,13-14H,4-6,12H2/t10-/m1/s1. The van der Waals surface area contributed by atoms with Gasteiger partial charge in [-0.05, 0) is 18.8 Å². The van der Waals surface area contributed by atoms with Gasteiger partial charge in [0.1, 0.15) is 5.75 Å². The van der Waals surface area contributed by atoms with Gasteiger partial charge in [-0.25, -0.2) is 0 Å². The van der Waals surface area contributed by atoms with Gasteiger partial charge in [-0.3, -0.25) is 0 Å². The lowest BCUT2D eigenvalue weighted by molar-refractivity contribution is 0.274. The summed E-state index contributed by atoms with van der Waals surface area (Å²) in [6.07, 6.45) is 2.29. The molecule has 0 unspecified atom stereocenters. The van der Waals surface area contributed by atoms with E-state index in [1.54, 1.807) is 6.07 Å². The van der Waals surface area contributed by atoms with Crippen LogP contribution in [0.15, 0.2) is 18.2 Å². The third-order valence-corrected chi connectivity index (χ3v) is 2.81. The van der Waals surface area contributed by atoms with Crippen LogP contribution in [0, 0.1) is 5.92 Å². The minimum absolute atomic E-state index is 0.0819. The Bertz CT molecular complexity index is 334. The molecule has 0 saturated heterocycles. The van der Waals surface area contributed by atoms with E-state index in [2.05, 4.69) is 0 Å². The van der Waals surface area contributed by atoms with E-state index in [4.69, 9.17) is 10.8 Å². The zero-order valence-corrected chi connectivity index (χ0v) is 7.98. The summed E-state index contributed by atoms with van der Waals surface area (Å²) in [4.78, 5) is 0. The summed E-state index contributed by atoms with van der Waals surface area (Å²) < 4.78 is 0. The van der Waals surface area contributed by atoms with Crippen molar-refractivity contribution in [3.63, 3.8) is 0 Å². The van der Waals surface area contributed by atoms with Crippen molar-refractivity contribution in [3.05, 3.63) is 29.3 Å². The SMILES string of the molecule is N[C@@H](c1cccc(CO)c1O)C1CC1. The summed E-state index contributed by atoms with van der Waals surface area (Å²) in [5.74, 6) is 0.671. The molecule has 3 nitrogen and oxygen atoms in total. The summed E-state index contributed by atoms with van der Waals surface area (Å²) in [7, 11) is 0. The summed E-state index contributed by atoms with van der Waals surface area (Å²) in [5.41, 5.74) is 7.30. The Kier molecular flexibility index (Phi) is 2.44. The second kappa shape index (κ2) is 3.59. The maximum absolute atomic E-state index is 9.80. The number of nitrogens with two attached hydrogens (primary N) is 1. The normalized spacial score (nSPS) is 18.1. The second-order valence-corrected chi connectivity index (χ2v) is 3.88. The molecular formula is C11H15NO2. The molecule has 0 spiro atoms. The molecule has 1 atom stereocenters. The van der Waals surface area contributed by atoms with E-state index in [0.717, 1.165) is 18.4 Å². The molecule has 4 N–H and O–H groups in total. The highest BCUT2D eigenvalue weighted by atomic mass is 16.3. The van der Waals surface area contributed by atoms with Gasteiger partial charge in [-0.2, -0.15) is 0 Å². The number of benzene rings is 1. The van der Waals surface area contributed by atoms with E-state index in [0.29, 0.717) is 11.5 Å². The summed E-state index contributed by atoms with van der Waals surface area (Å²) in [6, 6.07) is 5.28. The maximum Gasteiger partial charge on any atom is 0.125 e. The molecule has 0 aromatic heterocycles. The monoisotopic (exact) mass is 193 g/mol. The average Bonchev–Trinajstić information content (AvgIpc) is 3.00. The molecule has 0 heterocycles. The van der Waals surface area contributed by atoms with Crippen LogP contribution in [0.1, 0.15) is 30.0 Å². The van der Waals surface area contributed by atoms with Crippen LogP contribution < -0.4 is 5.73 Å². The van der Waals surface area contributed by atoms with Crippen molar-refractivity contribution >= 4 is 0 Å². The van der Waals surface area contributed by atoms with Crippen LogP contribution in [0.4, 0.5) is 0 Å². The first-order chi connectivity index (χ1) is 6.74. The van der Waals surface area contributed by atoms with Crippen LogP contribution in [-0.2, 0) is 6.61 Å². The van der Waals surface area contributed by atoms with E-state index in [1.807, 2.05) is 12.1 Å². The van der Waals surface area contributed by atoms with Gasteiger partial charge in [0, 0.05) is 17.2 Å². The topological polar surface area (TPSA) is 66.5 Å². The Morgan fingerprint density at radius 1 is 1.43 bits per heavy atom. The molecule has 1 aromatic carbocycles. The van der Waals surface area contributed by atoms with Crippen molar-refractivity contribution in [1.29, 1.82) is 0 Å². The quantitative estimate of drug-likeness (QED) is 0.677. The van der Waals surface area contributed by atoms with Gasteiger partial charge < -0.3 is 15.9 Å². The molecular weight excluding hydrogens is 178 g/mol. The lowest BCUT2D eigenvalue weighted by Gasteiger charge is -2.14. The highest BCUT2D eigenvalue weighted by Gasteiger charge is 2.31. The van der Waals surface area contributed by atoms with Crippen molar-refractivity contribution < 1.29 is 10.2 Å². The van der Waals surface area contributed by atoms with Crippen molar-refractivity contribution in [2.45, 2.75) is 25.5 Å². The van der Waals surface area contributed by atoms with Crippen molar-refractivity contribution in [1.82, 2.24) is 0 Å². The predicted octanol–water partition coefficient (Wildman–Crippen LogP) is 1.29. The minimum atomic E-state index is -0.142. The molecule has 3 heteroatoms. The van der Waals surface area contributed by atoms with Gasteiger partial charge in [-0.15, -0.1) is 0 Å². The lowest BCUT2D eigenvalue weighted by atomic mass is 9.99. The number of aliphatic hydroxyl groups is 1. The van der Waals surface area contributed by atoms with Crippen LogP contribution in [0.3, 0.4) is 0 Å². The molecule has 1 aliphatic rings. The van der Waals surface area contributed by atoms with Crippen LogP contribution in [0.2, 0.25) is 0 Å². The zero-order valence-electron chi connectivity index (χ0n) is 7.98. The van der Waals surface area contributed by atoms with Crippen LogP contribution in [0.25, 0.3) is 0 Å². The number of hydrogen-bond donors (Lipinski definition) is 3. The number of rotatable bonds is 3. The van der Waals surface area contributed by atoms with E-state index in [1.165, 1.54) is 0 Å². The molecule has 1 aromatic rings. The minimum Gasteiger partial charge on any atom is -0.507 e. The highest BCUT2D eigenvalue weighted by molar-refractivity contribution is 5.42. The first kappa shape index (κ1) is 9.49. The van der Waals surface area contributed by atoms with Gasteiger partial charge in [0.2, 0.25) is 0 Å². The third-order valence-electron chi connectivity index (χ3n) is 2.81. The summed E-state index contributed by atoms with van der Waals surface area (Å²) in [5, 5.41) is 18.8. The first-order valence-corrected chi connectivity index (χ1v) is 4.91. The van der Waals surface area contributed by atoms with E-state index >= 15 is 0 Å². The van der Waals surface area contributed by atoms with Gasteiger partial charge in [0.25, 0.3) is 0 Å². The first-order valence-electron chi connectivity index (χ1n) is 4.91. The van der Waals surface area contributed by atoms with E-state index < -0.39 is 0 Å². The maximum atomic E-state index is 9.80. The third kappa shape index (κ3) is 1.61. The molecule has 1 fully saturated rings. The van der Waals surface area contributed by atoms with Crippen molar-refractivity contribution in [2.75, 3.05) is 0 Å². The Hall–Kier alpha value is -1.06. The Balaban J connectivity index is 2.31. The Morgan fingerprint density at radius 3 is 2.71 bits per heavy atom. The average molecular weight is 193 g/mol. The van der Waals surface area contributed by atoms with Crippen molar-refractivity contribution in [3.8, 4) is 5.75 Å². The molecule has 76 valence electrons. The van der Waals surface area contributed by atoms with Crippen molar-refractivity contribution in [2.24, 2.45) is 11.7 Å². The molecule has 1 aliphatic carbocycles. The van der Waals surface area contributed by atoms with Gasteiger partial charge in [0.05, 0.1) is 6.61 Å². The molecule has 14 heavy (non-hydrogen) atoms. The number of hydrogen-bond acceptors (Lipinski definition) is 3. The molecule has 1 saturated carbocycles. The lowest BCUT2D eigenvalue weighted by Crippen LogP contribution is -2.12. The van der Waals surface area contributed by atoms with Crippen LogP contribution >= 0.6 is 0 Å². The molecule has 0 aliphatic heterocycles. The summed E-state index contributed by atoms with van der Waals surface area (Å²) in [6.45, 7) is -0.142. The van der Waals surface area contributed by atoms with E-state index in [-0.39, 0.29) is 18.4 Å². The number of phenols is 1. The predicted molar refractivity (Wildman–Crippen MR) is 53.7 cm³/mol. The largest absolute Gasteiger partial charge is 0.507 e. The highest BCUT2D eigenvalue weighted by Crippen LogP contribution is 2.42. The fraction of sp³-hybridized carbons (Fsp3) is 0.455. The van der Waals surface area contributed by atoms with Gasteiger partial charge >= 0.3 is 0 Å². The number of aliphatic hydroxyl groups excluding tert-OH is 1. The Labute approximate surface area is 83.2 Å². The second-order valence-electron chi connectivity index (χ2n) is 3.88. The molecule has 0 bridgehead atoms. The smallest absolute Gasteiger partial charge is 0.125 e. The molecule has 0 radical (unpaired) electrons. The Morgan fingerprint density at radius 2 is 2.14 bits per heavy atom. The number of aromatic hydroxyl groups is 1. The van der Waals surface area contributed by atoms with Crippen LogP contribution in [-0.4, -0.2) is 10.2 Å². The van der Waals surface area contributed by atoms with Gasteiger partial charge in [-0.1, -0.05) is 18.2 Å². The fourth-order valence-corrected chi connectivity index (χ4v) is 1.72. The summed E-state index contributed by atoms with van der Waals surface area (Å²) >= 11 is 0.